The Morgan fingerprint density at radius 2 is 1.59 bits per heavy atom. The van der Waals surface area contributed by atoms with Gasteiger partial charge in [-0.1, -0.05) is 0 Å². The van der Waals surface area contributed by atoms with Crippen LogP contribution in [0.4, 0.5) is 11.4 Å². The van der Waals surface area contributed by atoms with Crippen LogP contribution in [0.5, 0.6) is 5.75 Å². The minimum Gasteiger partial charge on any atom is -0.481 e. The zero-order valence-corrected chi connectivity index (χ0v) is 19.4. The van der Waals surface area contributed by atoms with E-state index in [0.717, 1.165) is 42.9 Å². The molecule has 1 saturated heterocycles. The number of anilines is 2. The molecule has 1 fully saturated rings. The molecule has 0 bridgehead atoms. The maximum Gasteiger partial charge on any atom is 0.265 e. The number of carbonyl (C=O) groups is 2. The van der Waals surface area contributed by atoms with Gasteiger partial charge in [-0.05, 0) is 74.7 Å². The summed E-state index contributed by atoms with van der Waals surface area (Å²) in [5.74, 6) is 0.127. The molecule has 9 heteroatoms. The van der Waals surface area contributed by atoms with Crippen LogP contribution < -0.4 is 14.4 Å². The van der Waals surface area contributed by atoms with E-state index < -0.39 is 16.1 Å². The normalized spacial score (nSPS) is 15.0. The summed E-state index contributed by atoms with van der Waals surface area (Å²) in [6, 6.07) is 13.3. The molecule has 1 aliphatic heterocycles. The van der Waals surface area contributed by atoms with E-state index in [4.69, 9.17) is 4.74 Å². The topological polar surface area (TPSA) is 96.0 Å². The third kappa shape index (κ3) is 6.00. The molecule has 1 atom stereocenters. The van der Waals surface area contributed by atoms with Gasteiger partial charge in [-0.3, -0.25) is 13.9 Å². The molecule has 1 aliphatic rings. The van der Waals surface area contributed by atoms with Crippen LogP contribution in [-0.2, 0) is 14.8 Å². The average molecular weight is 460 g/mol. The second kappa shape index (κ2) is 10.0. The number of ether oxygens (including phenoxy) is 1. The fourth-order valence-electron chi connectivity index (χ4n) is 3.40. The molecular formula is C23H29N3O5S. The van der Waals surface area contributed by atoms with E-state index in [-0.39, 0.29) is 11.8 Å². The van der Waals surface area contributed by atoms with Gasteiger partial charge >= 0.3 is 0 Å². The van der Waals surface area contributed by atoms with E-state index in [9.17, 15) is 18.0 Å². The second-order valence-corrected chi connectivity index (χ2v) is 9.92. The monoisotopic (exact) mass is 459 g/mol. The Bertz CT molecular complexity index is 1050. The number of hydrogen-bond donors (Lipinski definition) is 1. The summed E-state index contributed by atoms with van der Waals surface area (Å²) >= 11 is 0. The summed E-state index contributed by atoms with van der Waals surface area (Å²) in [7, 11) is -1.89. The van der Waals surface area contributed by atoms with Gasteiger partial charge in [-0.15, -0.1) is 0 Å². The van der Waals surface area contributed by atoms with Crippen molar-refractivity contribution in [3.8, 4) is 5.75 Å². The Morgan fingerprint density at radius 3 is 2.16 bits per heavy atom. The molecule has 1 heterocycles. The lowest BCUT2D eigenvalue weighted by molar-refractivity contribution is -0.122. The first-order chi connectivity index (χ1) is 15.1. The molecular weight excluding hydrogens is 430 g/mol. The minimum atomic E-state index is -3.35. The van der Waals surface area contributed by atoms with Gasteiger partial charge in [0.05, 0.1) is 11.9 Å². The van der Waals surface area contributed by atoms with Crippen molar-refractivity contribution in [3.63, 3.8) is 0 Å². The summed E-state index contributed by atoms with van der Waals surface area (Å²) in [6.07, 6.45) is 3.59. The molecule has 0 radical (unpaired) electrons. The number of piperidine rings is 1. The molecule has 0 unspecified atom stereocenters. The van der Waals surface area contributed by atoms with E-state index in [1.54, 1.807) is 55.5 Å². The first-order valence-electron chi connectivity index (χ1n) is 10.6. The van der Waals surface area contributed by atoms with Crippen molar-refractivity contribution in [3.05, 3.63) is 54.1 Å². The molecule has 172 valence electrons. The predicted molar refractivity (Wildman–Crippen MR) is 125 cm³/mol. The highest BCUT2D eigenvalue weighted by Crippen LogP contribution is 2.21. The molecule has 2 aromatic carbocycles. The van der Waals surface area contributed by atoms with Gasteiger partial charge in [0.1, 0.15) is 5.75 Å². The molecule has 32 heavy (non-hydrogen) atoms. The van der Waals surface area contributed by atoms with Gasteiger partial charge < -0.3 is 15.0 Å². The van der Waals surface area contributed by atoms with Crippen LogP contribution in [0.25, 0.3) is 0 Å². The van der Waals surface area contributed by atoms with Crippen molar-refractivity contribution in [1.82, 2.24) is 4.90 Å². The van der Waals surface area contributed by atoms with Crippen LogP contribution in [0, 0.1) is 0 Å². The van der Waals surface area contributed by atoms with Gasteiger partial charge in [0.15, 0.2) is 6.10 Å². The maximum atomic E-state index is 12.5. The van der Waals surface area contributed by atoms with E-state index in [1.165, 1.54) is 7.05 Å². The van der Waals surface area contributed by atoms with Crippen molar-refractivity contribution in [2.24, 2.45) is 0 Å². The molecule has 0 spiro atoms. The molecule has 2 aromatic rings. The fraction of sp³-hybridized carbons (Fsp3) is 0.391. The lowest BCUT2D eigenvalue weighted by atomic mass is 10.1. The second-order valence-electron chi connectivity index (χ2n) is 7.90. The Labute approximate surface area is 189 Å². The number of sulfonamides is 1. The Balaban J connectivity index is 1.55. The van der Waals surface area contributed by atoms with E-state index in [1.807, 2.05) is 4.90 Å². The maximum absolute atomic E-state index is 12.5. The van der Waals surface area contributed by atoms with Crippen LogP contribution in [0.15, 0.2) is 48.5 Å². The van der Waals surface area contributed by atoms with Crippen molar-refractivity contribution < 1.29 is 22.7 Å². The highest BCUT2D eigenvalue weighted by Gasteiger charge is 2.19. The van der Waals surface area contributed by atoms with E-state index in [2.05, 4.69) is 5.32 Å². The van der Waals surface area contributed by atoms with Crippen molar-refractivity contribution >= 4 is 33.2 Å². The Hall–Kier alpha value is -3.07. The third-order valence-corrected chi connectivity index (χ3v) is 6.63. The molecule has 0 aromatic heterocycles. The SMILES string of the molecule is C[C@H](Oc1ccc(N(C)S(C)(=O)=O)cc1)C(=O)Nc1ccc(C(=O)N2CCCCC2)cc1. The van der Waals surface area contributed by atoms with Gasteiger partial charge in [0, 0.05) is 31.4 Å². The first kappa shape index (κ1) is 23.6. The minimum absolute atomic E-state index is 0.0178. The molecule has 2 amide bonds. The quantitative estimate of drug-likeness (QED) is 0.686. The fourth-order valence-corrected chi connectivity index (χ4v) is 3.91. The van der Waals surface area contributed by atoms with Crippen molar-refractivity contribution in [2.75, 3.05) is 36.0 Å². The number of nitrogens with one attached hydrogen (secondary N) is 1. The molecule has 0 saturated carbocycles. The number of benzene rings is 2. The summed E-state index contributed by atoms with van der Waals surface area (Å²) in [5, 5.41) is 2.78. The lowest BCUT2D eigenvalue weighted by Crippen LogP contribution is -2.35. The van der Waals surface area contributed by atoms with Gasteiger partial charge in [0.2, 0.25) is 10.0 Å². The highest BCUT2D eigenvalue weighted by atomic mass is 32.2. The highest BCUT2D eigenvalue weighted by molar-refractivity contribution is 7.92. The van der Waals surface area contributed by atoms with Crippen LogP contribution >= 0.6 is 0 Å². The van der Waals surface area contributed by atoms with Crippen molar-refractivity contribution in [1.29, 1.82) is 0 Å². The number of amides is 2. The third-order valence-electron chi connectivity index (χ3n) is 5.42. The van der Waals surface area contributed by atoms with Gasteiger partial charge in [-0.25, -0.2) is 8.42 Å². The number of nitrogens with zero attached hydrogens (tertiary/aromatic N) is 2. The standard InChI is InChI=1S/C23H29N3O5S/c1-17(31-21-13-11-20(12-14-21)25(2)32(3,29)30)22(27)24-19-9-7-18(8-10-19)23(28)26-15-5-4-6-16-26/h7-14,17H,4-6,15-16H2,1-3H3,(H,24,27)/t17-/m0/s1. The zero-order valence-electron chi connectivity index (χ0n) is 18.6. The lowest BCUT2D eigenvalue weighted by Gasteiger charge is -2.26. The van der Waals surface area contributed by atoms with Gasteiger partial charge in [0.25, 0.3) is 11.8 Å². The summed E-state index contributed by atoms with van der Waals surface area (Å²) in [6.45, 7) is 3.20. The van der Waals surface area contributed by atoms with Crippen LogP contribution in [0.3, 0.4) is 0 Å². The molecule has 3 rings (SSSR count). The number of likely N-dealkylation sites (tertiary alicyclic amines) is 1. The average Bonchev–Trinajstić information content (AvgIpc) is 2.79. The smallest absolute Gasteiger partial charge is 0.265 e. The van der Waals surface area contributed by atoms with Crippen LogP contribution in [-0.4, -0.2) is 57.6 Å². The largest absolute Gasteiger partial charge is 0.481 e. The zero-order chi connectivity index (χ0) is 23.3. The molecule has 0 aliphatic carbocycles. The number of hydrogen-bond acceptors (Lipinski definition) is 5. The van der Waals surface area contributed by atoms with E-state index in [0.29, 0.717) is 22.7 Å². The van der Waals surface area contributed by atoms with Crippen LogP contribution in [0.2, 0.25) is 0 Å². The number of carbonyl (C=O) groups excluding carboxylic acids is 2. The summed E-state index contributed by atoms with van der Waals surface area (Å²) in [4.78, 5) is 26.9. The first-order valence-corrected chi connectivity index (χ1v) is 12.4. The molecule has 1 N–H and O–H groups in total. The number of rotatable bonds is 7. The Kier molecular flexibility index (Phi) is 7.40. The Morgan fingerprint density at radius 1 is 1.00 bits per heavy atom. The van der Waals surface area contributed by atoms with E-state index >= 15 is 0 Å². The summed E-state index contributed by atoms with van der Waals surface area (Å²) < 4.78 is 30.1. The predicted octanol–water partition coefficient (Wildman–Crippen LogP) is 3.11. The molecule has 8 nitrogen and oxygen atoms in total. The summed E-state index contributed by atoms with van der Waals surface area (Å²) in [5.41, 5.74) is 1.68. The van der Waals surface area contributed by atoms with Crippen molar-refractivity contribution in [2.45, 2.75) is 32.3 Å². The van der Waals surface area contributed by atoms with Gasteiger partial charge in [-0.2, -0.15) is 0 Å². The van der Waals surface area contributed by atoms with Crippen LogP contribution in [0.1, 0.15) is 36.5 Å².